The molecule has 3 N–H and O–H groups in total. The molecule has 6 heteroatoms. The maximum atomic E-state index is 12.7. The Morgan fingerprint density at radius 3 is 2.67 bits per heavy atom. The summed E-state index contributed by atoms with van der Waals surface area (Å²) in [6, 6.07) is 7.28. The Labute approximate surface area is 104 Å². The van der Waals surface area contributed by atoms with Crippen LogP contribution in [-0.4, -0.2) is 16.5 Å². The van der Waals surface area contributed by atoms with E-state index in [9.17, 15) is 4.39 Å². The molecule has 94 valence electrons. The molecule has 0 saturated carbocycles. The zero-order valence-corrected chi connectivity index (χ0v) is 9.85. The summed E-state index contributed by atoms with van der Waals surface area (Å²) in [5, 5.41) is 3.01. The van der Waals surface area contributed by atoms with Crippen molar-refractivity contribution in [2.45, 2.75) is 6.92 Å². The van der Waals surface area contributed by atoms with E-state index in [2.05, 4.69) is 15.3 Å². The summed E-state index contributed by atoms with van der Waals surface area (Å²) < 4.78 is 18.2. The van der Waals surface area contributed by atoms with Crippen molar-refractivity contribution in [1.82, 2.24) is 9.97 Å². The van der Waals surface area contributed by atoms with Crippen molar-refractivity contribution in [3.8, 4) is 11.6 Å². The zero-order valence-electron chi connectivity index (χ0n) is 9.85. The van der Waals surface area contributed by atoms with Crippen LogP contribution in [0.1, 0.15) is 6.92 Å². The van der Waals surface area contributed by atoms with E-state index in [4.69, 9.17) is 10.5 Å². The Morgan fingerprint density at radius 2 is 2.00 bits per heavy atom. The highest BCUT2D eigenvalue weighted by molar-refractivity contribution is 5.43. The van der Waals surface area contributed by atoms with Gasteiger partial charge in [0.05, 0.1) is 0 Å². The van der Waals surface area contributed by atoms with Crippen LogP contribution in [0.5, 0.6) is 11.6 Å². The molecule has 2 aromatic rings. The van der Waals surface area contributed by atoms with Gasteiger partial charge in [0.1, 0.15) is 17.4 Å². The van der Waals surface area contributed by atoms with Gasteiger partial charge in [-0.3, -0.25) is 0 Å². The Balaban J connectivity index is 2.20. The maximum absolute atomic E-state index is 12.7. The number of nitrogen functional groups attached to an aromatic ring is 1. The second-order valence-electron chi connectivity index (χ2n) is 3.54. The van der Waals surface area contributed by atoms with Crippen molar-refractivity contribution in [1.29, 1.82) is 0 Å². The highest BCUT2D eigenvalue weighted by atomic mass is 19.1. The molecule has 0 aliphatic heterocycles. The Kier molecular flexibility index (Phi) is 3.57. The summed E-state index contributed by atoms with van der Waals surface area (Å²) in [6.07, 6.45) is 0. The average Bonchev–Trinajstić information content (AvgIpc) is 2.32. The fourth-order valence-corrected chi connectivity index (χ4v) is 1.39. The normalized spacial score (nSPS) is 10.1. The second kappa shape index (κ2) is 5.31. The van der Waals surface area contributed by atoms with Gasteiger partial charge in [-0.05, 0) is 31.2 Å². The average molecular weight is 248 g/mol. The highest BCUT2D eigenvalue weighted by Crippen LogP contribution is 2.22. The number of rotatable bonds is 4. The van der Waals surface area contributed by atoms with Crippen molar-refractivity contribution < 1.29 is 9.13 Å². The van der Waals surface area contributed by atoms with Crippen molar-refractivity contribution in [3.63, 3.8) is 0 Å². The molecular weight excluding hydrogens is 235 g/mol. The number of nitrogens with one attached hydrogen (secondary N) is 1. The lowest BCUT2D eigenvalue weighted by Gasteiger charge is -2.08. The third-order valence-corrected chi connectivity index (χ3v) is 2.11. The van der Waals surface area contributed by atoms with Crippen molar-refractivity contribution >= 4 is 11.8 Å². The molecule has 0 aliphatic carbocycles. The predicted molar refractivity (Wildman–Crippen MR) is 67.1 cm³/mol. The van der Waals surface area contributed by atoms with E-state index in [1.165, 1.54) is 24.3 Å². The van der Waals surface area contributed by atoms with Crippen LogP contribution < -0.4 is 15.8 Å². The lowest BCUT2D eigenvalue weighted by atomic mass is 10.3. The van der Waals surface area contributed by atoms with Gasteiger partial charge < -0.3 is 15.8 Å². The topological polar surface area (TPSA) is 73.1 Å². The molecule has 0 bridgehead atoms. The smallest absolute Gasteiger partial charge is 0.226 e. The predicted octanol–water partition coefficient (Wildman–Crippen LogP) is 2.42. The summed E-state index contributed by atoms with van der Waals surface area (Å²) in [5.41, 5.74) is 5.57. The van der Waals surface area contributed by atoms with Gasteiger partial charge in [0.15, 0.2) is 0 Å². The SMILES string of the molecule is CCNc1cc(Oc2ccc(F)cc2)nc(N)n1. The monoisotopic (exact) mass is 248 g/mol. The van der Waals surface area contributed by atoms with Crippen molar-refractivity contribution in [2.75, 3.05) is 17.6 Å². The van der Waals surface area contributed by atoms with Gasteiger partial charge in [-0.25, -0.2) is 4.39 Å². The Hall–Kier alpha value is -2.37. The molecule has 2 rings (SSSR count). The molecule has 0 atom stereocenters. The number of nitrogens with zero attached hydrogens (tertiary/aromatic N) is 2. The van der Waals surface area contributed by atoms with E-state index in [1.807, 2.05) is 6.92 Å². The maximum Gasteiger partial charge on any atom is 0.226 e. The number of aromatic nitrogens is 2. The van der Waals surface area contributed by atoms with Gasteiger partial charge in [0, 0.05) is 12.6 Å². The van der Waals surface area contributed by atoms with Gasteiger partial charge in [0.2, 0.25) is 11.8 Å². The summed E-state index contributed by atoms with van der Waals surface area (Å²) in [4.78, 5) is 7.94. The van der Waals surface area contributed by atoms with E-state index in [1.54, 1.807) is 6.07 Å². The first-order valence-corrected chi connectivity index (χ1v) is 5.49. The van der Waals surface area contributed by atoms with Gasteiger partial charge in [-0.1, -0.05) is 0 Å². The molecule has 0 radical (unpaired) electrons. The molecule has 18 heavy (non-hydrogen) atoms. The third-order valence-electron chi connectivity index (χ3n) is 2.11. The van der Waals surface area contributed by atoms with Crippen LogP contribution in [0.2, 0.25) is 0 Å². The molecule has 0 spiro atoms. The van der Waals surface area contributed by atoms with Gasteiger partial charge in [-0.2, -0.15) is 9.97 Å². The molecule has 0 unspecified atom stereocenters. The van der Waals surface area contributed by atoms with E-state index in [0.717, 1.165) is 0 Å². The molecule has 0 amide bonds. The van der Waals surface area contributed by atoms with E-state index in [-0.39, 0.29) is 11.8 Å². The lowest BCUT2D eigenvalue weighted by Crippen LogP contribution is -2.04. The van der Waals surface area contributed by atoms with E-state index in [0.29, 0.717) is 24.0 Å². The van der Waals surface area contributed by atoms with Gasteiger partial charge in [0.25, 0.3) is 0 Å². The minimum Gasteiger partial charge on any atom is -0.439 e. The van der Waals surface area contributed by atoms with Gasteiger partial charge >= 0.3 is 0 Å². The largest absolute Gasteiger partial charge is 0.439 e. The number of anilines is 2. The number of ether oxygens (including phenoxy) is 1. The molecule has 0 saturated heterocycles. The van der Waals surface area contributed by atoms with Crippen LogP contribution in [0.3, 0.4) is 0 Å². The number of benzene rings is 1. The first-order valence-electron chi connectivity index (χ1n) is 5.49. The standard InChI is InChI=1S/C12H13FN4O/c1-2-15-10-7-11(17-12(14)16-10)18-9-5-3-8(13)4-6-9/h3-7H,2H2,1H3,(H3,14,15,16,17). The molecule has 1 heterocycles. The Bertz CT molecular complexity index is 530. The number of nitrogens with two attached hydrogens (primary N) is 1. The van der Waals surface area contributed by atoms with Crippen LogP contribution in [-0.2, 0) is 0 Å². The van der Waals surface area contributed by atoms with E-state index >= 15 is 0 Å². The van der Waals surface area contributed by atoms with Crippen molar-refractivity contribution in [3.05, 3.63) is 36.1 Å². The fraction of sp³-hybridized carbons (Fsp3) is 0.167. The minimum atomic E-state index is -0.321. The first kappa shape index (κ1) is 12.1. The van der Waals surface area contributed by atoms with Crippen LogP contribution in [0.15, 0.2) is 30.3 Å². The number of hydrogen-bond acceptors (Lipinski definition) is 5. The van der Waals surface area contributed by atoms with E-state index < -0.39 is 0 Å². The van der Waals surface area contributed by atoms with Crippen molar-refractivity contribution in [2.24, 2.45) is 0 Å². The molecular formula is C12H13FN4O. The highest BCUT2D eigenvalue weighted by Gasteiger charge is 2.04. The summed E-state index contributed by atoms with van der Waals surface area (Å²) in [7, 11) is 0. The Morgan fingerprint density at radius 1 is 1.28 bits per heavy atom. The fourth-order valence-electron chi connectivity index (χ4n) is 1.39. The summed E-state index contributed by atoms with van der Waals surface area (Å²) >= 11 is 0. The lowest BCUT2D eigenvalue weighted by molar-refractivity contribution is 0.461. The molecule has 0 fully saturated rings. The molecule has 5 nitrogen and oxygen atoms in total. The first-order chi connectivity index (χ1) is 8.67. The van der Waals surface area contributed by atoms with Gasteiger partial charge in [-0.15, -0.1) is 0 Å². The molecule has 1 aromatic carbocycles. The number of halogens is 1. The molecule has 1 aromatic heterocycles. The second-order valence-corrected chi connectivity index (χ2v) is 3.54. The molecule has 0 aliphatic rings. The number of hydrogen-bond donors (Lipinski definition) is 2. The summed E-state index contributed by atoms with van der Waals surface area (Å²) in [5.74, 6) is 1.17. The van der Waals surface area contributed by atoms with Crippen LogP contribution in [0.25, 0.3) is 0 Å². The third kappa shape index (κ3) is 3.07. The zero-order chi connectivity index (χ0) is 13.0. The van der Waals surface area contributed by atoms with Crippen LogP contribution in [0, 0.1) is 5.82 Å². The van der Waals surface area contributed by atoms with Crippen LogP contribution in [0.4, 0.5) is 16.2 Å². The van der Waals surface area contributed by atoms with Crippen LogP contribution >= 0.6 is 0 Å². The minimum absolute atomic E-state index is 0.116. The quantitative estimate of drug-likeness (QED) is 0.869. The summed E-state index contributed by atoms with van der Waals surface area (Å²) in [6.45, 7) is 2.66.